The molecule has 102 valence electrons. The van der Waals surface area contributed by atoms with Gasteiger partial charge < -0.3 is 10.6 Å². The number of hydrogen-bond donors (Lipinski definition) is 1. The highest BCUT2D eigenvalue weighted by molar-refractivity contribution is 5.85. The summed E-state index contributed by atoms with van der Waals surface area (Å²) in [6.07, 6.45) is 5.79. The maximum absolute atomic E-state index is 11.8. The maximum atomic E-state index is 11.8. The van der Waals surface area contributed by atoms with E-state index < -0.39 is 0 Å². The molecule has 4 nitrogen and oxygen atoms in total. The summed E-state index contributed by atoms with van der Waals surface area (Å²) in [5.74, 6) is 0.213. The van der Waals surface area contributed by atoms with E-state index in [4.69, 9.17) is 5.73 Å². The number of pyridine rings is 1. The van der Waals surface area contributed by atoms with Gasteiger partial charge in [0.05, 0.1) is 0 Å². The van der Waals surface area contributed by atoms with Gasteiger partial charge in [-0.25, -0.2) is 0 Å². The molecular formula is C12H19Cl2N3O. The predicted molar refractivity (Wildman–Crippen MR) is 76.2 cm³/mol. The van der Waals surface area contributed by atoms with E-state index in [-0.39, 0.29) is 36.8 Å². The fourth-order valence-corrected chi connectivity index (χ4v) is 1.97. The van der Waals surface area contributed by atoms with Crippen LogP contribution in [-0.2, 0) is 11.2 Å². The van der Waals surface area contributed by atoms with E-state index in [1.165, 1.54) is 0 Å². The number of halogens is 2. The summed E-state index contributed by atoms with van der Waals surface area (Å²) in [5.41, 5.74) is 6.93. The van der Waals surface area contributed by atoms with Gasteiger partial charge in [0.2, 0.25) is 5.91 Å². The van der Waals surface area contributed by atoms with Gasteiger partial charge in [-0.2, -0.15) is 0 Å². The van der Waals surface area contributed by atoms with Gasteiger partial charge in [0.1, 0.15) is 0 Å². The molecule has 0 radical (unpaired) electrons. The molecule has 2 heterocycles. The molecule has 6 heteroatoms. The molecule has 0 unspecified atom stereocenters. The highest BCUT2D eigenvalue weighted by atomic mass is 35.5. The summed E-state index contributed by atoms with van der Waals surface area (Å²) in [4.78, 5) is 17.6. The summed E-state index contributed by atoms with van der Waals surface area (Å²) in [6, 6.07) is 4.07. The third kappa shape index (κ3) is 4.80. The molecule has 2 N–H and O–H groups in total. The molecule has 1 saturated heterocycles. The zero-order chi connectivity index (χ0) is 11.4. The van der Waals surface area contributed by atoms with Crippen LogP contribution in [0.4, 0.5) is 0 Å². The minimum Gasteiger partial charge on any atom is -0.341 e. The summed E-state index contributed by atoms with van der Waals surface area (Å²) < 4.78 is 0. The van der Waals surface area contributed by atoms with Crippen molar-refractivity contribution in [3.05, 3.63) is 30.1 Å². The highest BCUT2D eigenvalue weighted by Crippen LogP contribution is 2.10. The largest absolute Gasteiger partial charge is 0.341 e. The molecule has 1 atom stereocenters. The lowest BCUT2D eigenvalue weighted by Gasteiger charge is -2.15. The lowest BCUT2D eigenvalue weighted by molar-refractivity contribution is -0.130. The van der Waals surface area contributed by atoms with Crippen molar-refractivity contribution >= 4 is 30.7 Å². The van der Waals surface area contributed by atoms with Crippen molar-refractivity contribution in [1.82, 2.24) is 9.88 Å². The lowest BCUT2D eigenvalue weighted by Crippen LogP contribution is -2.31. The van der Waals surface area contributed by atoms with Gasteiger partial charge in [0.25, 0.3) is 0 Å². The average molecular weight is 292 g/mol. The summed E-state index contributed by atoms with van der Waals surface area (Å²) in [7, 11) is 0. The zero-order valence-corrected chi connectivity index (χ0v) is 11.8. The molecule has 18 heavy (non-hydrogen) atoms. The number of aryl methyl sites for hydroxylation is 1. The Kier molecular flexibility index (Phi) is 7.91. The van der Waals surface area contributed by atoms with E-state index in [9.17, 15) is 4.79 Å². The van der Waals surface area contributed by atoms with Crippen LogP contribution in [0.15, 0.2) is 24.5 Å². The average Bonchev–Trinajstić information content (AvgIpc) is 2.74. The van der Waals surface area contributed by atoms with Gasteiger partial charge in [0.15, 0.2) is 0 Å². The van der Waals surface area contributed by atoms with Gasteiger partial charge in [0, 0.05) is 37.9 Å². The van der Waals surface area contributed by atoms with Crippen LogP contribution in [0.3, 0.4) is 0 Å². The molecule has 0 bridgehead atoms. The number of aromatic nitrogens is 1. The van der Waals surface area contributed by atoms with Crippen LogP contribution >= 0.6 is 24.8 Å². The van der Waals surface area contributed by atoms with Gasteiger partial charge >= 0.3 is 0 Å². The first-order chi connectivity index (χ1) is 7.75. The number of hydrogen-bond acceptors (Lipinski definition) is 3. The monoisotopic (exact) mass is 291 g/mol. The molecule has 1 amide bonds. The first-order valence-electron chi connectivity index (χ1n) is 5.68. The molecule has 1 fully saturated rings. The standard InChI is InChI=1S/C12H17N3O.2ClH/c13-11-5-8-15(9-11)12(16)2-1-10-3-6-14-7-4-10;;/h3-4,6-7,11H,1-2,5,8-9,13H2;2*1H/t11-;;/m1../s1. The minimum absolute atomic E-state index is 0. The SMILES string of the molecule is Cl.Cl.N[C@@H]1CCN(C(=O)CCc2ccncc2)C1. The third-order valence-corrected chi connectivity index (χ3v) is 2.95. The van der Waals surface area contributed by atoms with Crippen LogP contribution < -0.4 is 5.73 Å². The molecule has 2 rings (SSSR count). The smallest absolute Gasteiger partial charge is 0.222 e. The van der Waals surface area contributed by atoms with Crippen molar-refractivity contribution in [2.24, 2.45) is 5.73 Å². The molecule has 0 saturated carbocycles. The third-order valence-electron chi connectivity index (χ3n) is 2.95. The first kappa shape index (κ1) is 17.2. The van der Waals surface area contributed by atoms with E-state index in [0.717, 1.165) is 31.5 Å². The normalized spacial score (nSPS) is 17.8. The van der Waals surface area contributed by atoms with E-state index in [1.54, 1.807) is 12.4 Å². The molecule has 1 aliphatic heterocycles. The van der Waals surface area contributed by atoms with Crippen LogP contribution in [0, 0.1) is 0 Å². The van der Waals surface area contributed by atoms with Crippen molar-refractivity contribution in [1.29, 1.82) is 0 Å². The Hall–Kier alpha value is -0.840. The maximum Gasteiger partial charge on any atom is 0.222 e. The predicted octanol–water partition coefficient (Wildman–Crippen LogP) is 1.42. The quantitative estimate of drug-likeness (QED) is 0.916. The van der Waals surface area contributed by atoms with E-state index in [0.29, 0.717) is 6.42 Å². The van der Waals surface area contributed by atoms with Crippen LogP contribution in [0.1, 0.15) is 18.4 Å². The van der Waals surface area contributed by atoms with Gasteiger partial charge in [-0.15, -0.1) is 24.8 Å². The second kappa shape index (κ2) is 8.29. The molecular weight excluding hydrogens is 273 g/mol. The number of amides is 1. The molecule has 0 aromatic carbocycles. The van der Waals surface area contributed by atoms with Gasteiger partial charge in [-0.3, -0.25) is 9.78 Å². The number of nitrogens with zero attached hydrogens (tertiary/aromatic N) is 2. The fraction of sp³-hybridized carbons (Fsp3) is 0.500. The second-order valence-electron chi connectivity index (χ2n) is 4.24. The van der Waals surface area contributed by atoms with Crippen molar-refractivity contribution < 1.29 is 4.79 Å². The summed E-state index contributed by atoms with van der Waals surface area (Å²) in [5, 5.41) is 0. The Morgan fingerprint density at radius 1 is 1.39 bits per heavy atom. The van der Waals surface area contributed by atoms with Crippen LogP contribution in [-0.4, -0.2) is 34.9 Å². The molecule has 1 aliphatic rings. The second-order valence-corrected chi connectivity index (χ2v) is 4.24. The molecule has 1 aromatic heterocycles. The highest BCUT2D eigenvalue weighted by Gasteiger charge is 2.22. The number of rotatable bonds is 3. The van der Waals surface area contributed by atoms with Crippen LogP contribution in [0.5, 0.6) is 0 Å². The van der Waals surface area contributed by atoms with Gasteiger partial charge in [-0.1, -0.05) is 0 Å². The Balaban J connectivity index is 0.00000144. The fourth-order valence-electron chi connectivity index (χ4n) is 1.97. The first-order valence-corrected chi connectivity index (χ1v) is 5.68. The number of likely N-dealkylation sites (tertiary alicyclic amines) is 1. The van der Waals surface area contributed by atoms with E-state index in [2.05, 4.69) is 4.98 Å². The lowest BCUT2D eigenvalue weighted by atomic mass is 10.1. The van der Waals surface area contributed by atoms with E-state index >= 15 is 0 Å². The van der Waals surface area contributed by atoms with Gasteiger partial charge in [-0.05, 0) is 30.5 Å². The Morgan fingerprint density at radius 3 is 2.61 bits per heavy atom. The Morgan fingerprint density at radius 2 is 2.06 bits per heavy atom. The van der Waals surface area contributed by atoms with Crippen molar-refractivity contribution in [2.75, 3.05) is 13.1 Å². The van der Waals surface area contributed by atoms with Crippen LogP contribution in [0.25, 0.3) is 0 Å². The topological polar surface area (TPSA) is 59.2 Å². The Labute approximate surface area is 120 Å². The molecule has 0 spiro atoms. The van der Waals surface area contributed by atoms with Crippen molar-refractivity contribution in [3.63, 3.8) is 0 Å². The van der Waals surface area contributed by atoms with E-state index in [1.807, 2.05) is 17.0 Å². The zero-order valence-electron chi connectivity index (χ0n) is 10.1. The number of carbonyl (C=O) groups excluding carboxylic acids is 1. The Bertz CT molecular complexity index is 362. The number of carbonyl (C=O) groups is 1. The number of nitrogens with two attached hydrogens (primary N) is 1. The molecule has 1 aromatic rings. The van der Waals surface area contributed by atoms with Crippen LogP contribution in [0.2, 0.25) is 0 Å². The minimum atomic E-state index is 0. The molecule has 0 aliphatic carbocycles. The van der Waals surface area contributed by atoms with Crippen molar-refractivity contribution in [2.45, 2.75) is 25.3 Å². The van der Waals surface area contributed by atoms with Crippen molar-refractivity contribution in [3.8, 4) is 0 Å². The summed E-state index contributed by atoms with van der Waals surface area (Å²) in [6.45, 7) is 1.53. The summed E-state index contributed by atoms with van der Waals surface area (Å²) >= 11 is 0.